The van der Waals surface area contributed by atoms with Crippen LogP contribution in [0.5, 0.6) is 0 Å². The number of fused-ring (bicyclic) bond motifs is 2. The Balaban J connectivity index is 0.000000348. The first kappa shape index (κ1) is 26.8. The van der Waals surface area contributed by atoms with E-state index in [0.717, 1.165) is 0 Å². The van der Waals surface area contributed by atoms with Gasteiger partial charge in [-0.3, -0.25) is 6.08 Å². The van der Waals surface area contributed by atoms with Gasteiger partial charge in [-0.2, -0.15) is 11.1 Å². The van der Waals surface area contributed by atoms with Crippen LogP contribution in [0, 0.1) is 18.9 Å². The van der Waals surface area contributed by atoms with Gasteiger partial charge in [0.15, 0.2) is 0 Å². The molecular weight excluding hydrogens is 468 g/mol. The fraction of sp³-hybridized carbons (Fsp3) is 0.222. The fourth-order valence-electron chi connectivity index (χ4n) is 4.06. The number of aromatic nitrogens is 1. The van der Waals surface area contributed by atoms with E-state index in [1.165, 1.54) is 49.8 Å². The van der Waals surface area contributed by atoms with Crippen LogP contribution in [0.4, 0.5) is 0 Å². The molecule has 1 aliphatic rings. The number of nitrogens with zero attached hydrogens (tertiary/aromatic N) is 1. The summed E-state index contributed by atoms with van der Waals surface area (Å²) in [4.78, 5) is 0. The summed E-state index contributed by atoms with van der Waals surface area (Å²) in [6.07, 6.45) is 3.36. The van der Waals surface area contributed by atoms with Crippen molar-refractivity contribution in [3.63, 3.8) is 0 Å². The van der Waals surface area contributed by atoms with Gasteiger partial charge in [0.2, 0.25) is 0 Å². The van der Waals surface area contributed by atoms with E-state index >= 15 is 0 Å². The molecule has 0 fully saturated rings. The second-order valence-corrected chi connectivity index (χ2v) is 7.82. The molecule has 1 aliphatic carbocycles. The van der Waals surface area contributed by atoms with Gasteiger partial charge in [-0.05, 0) is 24.7 Å². The van der Waals surface area contributed by atoms with Crippen molar-refractivity contribution in [2.24, 2.45) is 5.92 Å². The Kier molecular flexibility index (Phi) is 9.45. The molecule has 4 heteroatoms. The van der Waals surface area contributed by atoms with Crippen LogP contribution in [0.2, 0.25) is 0 Å². The molecule has 1 nitrogen and oxygen atoms in total. The van der Waals surface area contributed by atoms with Crippen molar-refractivity contribution in [3.05, 3.63) is 95.2 Å². The molecule has 0 aliphatic heterocycles. The fourth-order valence-corrected chi connectivity index (χ4v) is 4.06. The minimum atomic E-state index is 0. The second kappa shape index (κ2) is 10.9. The summed E-state index contributed by atoms with van der Waals surface area (Å²) >= 11 is 0. The van der Waals surface area contributed by atoms with Gasteiger partial charge >= 0.3 is 26.2 Å². The maximum absolute atomic E-state index is 3.36. The summed E-state index contributed by atoms with van der Waals surface area (Å²) < 4.78 is 2.33. The van der Waals surface area contributed by atoms with Gasteiger partial charge in [0.1, 0.15) is 0 Å². The van der Waals surface area contributed by atoms with E-state index in [1.54, 1.807) is 0 Å². The zero-order valence-electron chi connectivity index (χ0n) is 18.6. The zero-order valence-corrected chi connectivity index (χ0v) is 21.1. The zero-order chi connectivity index (χ0) is 19.8. The Hall–Kier alpha value is -2.19. The molecule has 1 aromatic heterocycles. The molecule has 0 saturated heterocycles. The molecule has 1 atom stereocenters. The van der Waals surface area contributed by atoms with Crippen LogP contribution in [0.1, 0.15) is 33.4 Å². The SMILES string of the molecule is CC1=[C-]C(C)C(C)=C1C.Cc1cc2ccccc2n1-c1cc2ccccc2[cH-]1.[F-].[F-].[Zr+4]. The third-order valence-corrected chi connectivity index (χ3v) is 5.99. The van der Waals surface area contributed by atoms with Crippen molar-refractivity contribution in [1.82, 2.24) is 4.57 Å². The van der Waals surface area contributed by atoms with E-state index in [0.29, 0.717) is 5.92 Å². The van der Waals surface area contributed by atoms with Gasteiger partial charge in [-0.1, -0.05) is 51.0 Å². The van der Waals surface area contributed by atoms with E-state index in [9.17, 15) is 0 Å². The largest absolute Gasteiger partial charge is 4.00 e. The number of benzene rings is 2. The van der Waals surface area contributed by atoms with Gasteiger partial charge in [-0.25, -0.2) is 5.57 Å². The Labute approximate surface area is 202 Å². The number of rotatable bonds is 1. The van der Waals surface area contributed by atoms with E-state index in [2.05, 4.69) is 112 Å². The van der Waals surface area contributed by atoms with Crippen molar-refractivity contribution in [3.8, 4) is 5.69 Å². The molecule has 0 spiro atoms. The van der Waals surface area contributed by atoms with Crippen molar-refractivity contribution in [2.45, 2.75) is 34.6 Å². The monoisotopic (exact) mass is 493 g/mol. The summed E-state index contributed by atoms with van der Waals surface area (Å²) in [7, 11) is 0. The number of hydrogen-bond acceptors (Lipinski definition) is 0. The summed E-state index contributed by atoms with van der Waals surface area (Å²) in [6.45, 7) is 10.8. The Morgan fingerprint density at radius 3 is 2.00 bits per heavy atom. The molecular formula is C27H27F2NZr. The standard InChI is InChI=1S/C18H14N.C9H13.2FH.Zr/c1-13-10-16-8-4-5-9-18(16)19(13)17-11-14-6-2-3-7-15(14)12-17;1-6-5-7(2)9(4)8(6)3;;;/h2-12H,1H3;6H,1-4H3;2*1H;/q2*-1;;;+4/p-2. The molecule has 0 saturated carbocycles. The van der Waals surface area contributed by atoms with E-state index < -0.39 is 0 Å². The molecule has 0 bridgehead atoms. The summed E-state index contributed by atoms with van der Waals surface area (Å²) in [5.74, 6) is 0.560. The second-order valence-electron chi connectivity index (χ2n) is 7.82. The minimum absolute atomic E-state index is 0. The van der Waals surface area contributed by atoms with Crippen molar-refractivity contribution >= 4 is 21.7 Å². The predicted molar refractivity (Wildman–Crippen MR) is 121 cm³/mol. The van der Waals surface area contributed by atoms with Crippen LogP contribution in [-0.2, 0) is 26.2 Å². The molecule has 158 valence electrons. The quantitative estimate of drug-likeness (QED) is 0.354. The van der Waals surface area contributed by atoms with Crippen LogP contribution >= 0.6 is 0 Å². The number of allylic oxidation sites excluding steroid dienone is 4. The van der Waals surface area contributed by atoms with Crippen LogP contribution in [0.25, 0.3) is 27.4 Å². The molecule has 3 aromatic carbocycles. The van der Waals surface area contributed by atoms with Crippen LogP contribution in [0.3, 0.4) is 0 Å². The van der Waals surface area contributed by atoms with E-state index in [1.807, 2.05) is 0 Å². The molecule has 0 N–H and O–H groups in total. The van der Waals surface area contributed by atoms with Crippen molar-refractivity contribution in [1.29, 1.82) is 0 Å². The van der Waals surface area contributed by atoms with Gasteiger partial charge in [0.05, 0.1) is 5.52 Å². The molecule has 1 unspecified atom stereocenters. The third-order valence-electron chi connectivity index (χ3n) is 5.99. The summed E-state index contributed by atoms with van der Waals surface area (Å²) in [5.41, 5.74) is 8.04. The number of para-hydroxylation sites is 1. The average Bonchev–Trinajstić information content (AvgIpc) is 3.32. The van der Waals surface area contributed by atoms with Gasteiger partial charge in [0, 0.05) is 11.1 Å². The Morgan fingerprint density at radius 2 is 1.45 bits per heavy atom. The van der Waals surface area contributed by atoms with Gasteiger partial charge < -0.3 is 14.0 Å². The van der Waals surface area contributed by atoms with Gasteiger partial charge in [0.25, 0.3) is 0 Å². The third kappa shape index (κ3) is 5.18. The first-order chi connectivity index (χ1) is 13.5. The summed E-state index contributed by atoms with van der Waals surface area (Å²) in [5, 5.41) is 3.90. The molecule has 1 heterocycles. The van der Waals surface area contributed by atoms with Gasteiger partial charge in [-0.15, -0.1) is 48.0 Å². The van der Waals surface area contributed by atoms with E-state index in [4.69, 9.17) is 0 Å². The van der Waals surface area contributed by atoms with Crippen LogP contribution in [0.15, 0.2) is 83.4 Å². The topological polar surface area (TPSA) is 4.93 Å². The molecule has 4 aromatic rings. The smallest absolute Gasteiger partial charge is 1.00 e. The summed E-state index contributed by atoms with van der Waals surface area (Å²) in [6, 6.07) is 23.8. The molecule has 0 amide bonds. The maximum Gasteiger partial charge on any atom is 4.00 e. The Bertz CT molecular complexity index is 1190. The Morgan fingerprint density at radius 1 is 0.839 bits per heavy atom. The van der Waals surface area contributed by atoms with Crippen LogP contribution in [-0.4, -0.2) is 4.57 Å². The van der Waals surface area contributed by atoms with Crippen molar-refractivity contribution in [2.75, 3.05) is 0 Å². The molecule has 5 rings (SSSR count). The molecule has 31 heavy (non-hydrogen) atoms. The number of hydrogen-bond donors (Lipinski definition) is 0. The number of aryl methyl sites for hydroxylation is 1. The van der Waals surface area contributed by atoms with E-state index in [-0.39, 0.29) is 35.6 Å². The van der Waals surface area contributed by atoms with Crippen molar-refractivity contribution < 1.29 is 35.6 Å². The van der Waals surface area contributed by atoms with Crippen LogP contribution < -0.4 is 9.41 Å². The maximum atomic E-state index is 3.36. The number of halogens is 2. The predicted octanol–water partition coefficient (Wildman–Crippen LogP) is 1.54. The average molecular weight is 495 g/mol. The normalized spacial score (nSPS) is 14.9. The minimum Gasteiger partial charge on any atom is -1.00 e. The molecule has 0 radical (unpaired) electrons. The first-order valence-corrected chi connectivity index (χ1v) is 9.96. The first-order valence-electron chi connectivity index (χ1n) is 9.96.